The fourth-order valence-corrected chi connectivity index (χ4v) is 3.53. The third-order valence-electron chi connectivity index (χ3n) is 5.36. The number of unbranched alkanes of at least 4 members (excludes halogenated alkanes) is 3. The highest BCUT2D eigenvalue weighted by Crippen LogP contribution is 2.26. The number of hydrogen-bond donors (Lipinski definition) is 1. The minimum Gasteiger partial charge on any atom is -0.508 e. The first-order chi connectivity index (χ1) is 14.7. The Morgan fingerprint density at radius 2 is 1.77 bits per heavy atom. The van der Waals surface area contributed by atoms with Crippen molar-refractivity contribution in [3.05, 3.63) is 66.5 Å². The van der Waals surface area contributed by atoms with Crippen molar-refractivity contribution in [1.29, 1.82) is 0 Å². The van der Waals surface area contributed by atoms with Crippen molar-refractivity contribution in [2.45, 2.75) is 58.5 Å². The summed E-state index contributed by atoms with van der Waals surface area (Å²) >= 11 is 0. The van der Waals surface area contributed by atoms with Gasteiger partial charge in [-0.05, 0) is 79.3 Å². The Morgan fingerprint density at radius 1 is 0.967 bits per heavy atom. The second kappa shape index (κ2) is 11.5. The first kappa shape index (κ1) is 22.0. The summed E-state index contributed by atoms with van der Waals surface area (Å²) in [5.74, 6) is 0.294. The number of aromatic nitrogens is 1. The van der Waals surface area contributed by atoms with Crippen LogP contribution in [0.15, 0.2) is 60.8 Å². The minimum absolute atomic E-state index is 0.294. The van der Waals surface area contributed by atoms with Crippen LogP contribution in [0.5, 0.6) is 5.75 Å². The van der Waals surface area contributed by atoms with E-state index in [-0.39, 0.29) is 0 Å². The Hall–Kier alpha value is -2.65. The van der Waals surface area contributed by atoms with Gasteiger partial charge in [-0.3, -0.25) is 4.98 Å². The van der Waals surface area contributed by atoms with E-state index in [1.54, 1.807) is 12.1 Å². The Morgan fingerprint density at radius 3 is 2.57 bits per heavy atom. The average Bonchev–Trinajstić information content (AvgIpc) is 2.76. The zero-order valence-electron chi connectivity index (χ0n) is 18.2. The van der Waals surface area contributed by atoms with Crippen LogP contribution in [-0.2, 0) is 4.74 Å². The lowest BCUT2D eigenvalue weighted by molar-refractivity contribution is 0.0566. The standard InChI is InChI=1S/C27H33NO2/c1-3-4-8-17-30-21(2)9-6-5-7-10-26-15-13-25(20-28-26)23-11-12-24-19-27(29)16-14-22(24)18-23/h7,10-16,18-21,29H,3-6,8-9,17H2,1-2H3. The van der Waals surface area contributed by atoms with Gasteiger partial charge in [0.05, 0.1) is 11.8 Å². The summed E-state index contributed by atoms with van der Waals surface area (Å²) in [6.07, 6.45) is 13.5. The van der Waals surface area contributed by atoms with Gasteiger partial charge < -0.3 is 9.84 Å². The summed E-state index contributed by atoms with van der Waals surface area (Å²) in [5, 5.41) is 11.8. The number of phenolic OH excluding ortho intramolecular Hbond substituents is 1. The van der Waals surface area contributed by atoms with E-state index in [9.17, 15) is 5.11 Å². The molecular formula is C27H33NO2. The molecule has 1 atom stereocenters. The molecular weight excluding hydrogens is 370 g/mol. The number of fused-ring (bicyclic) bond motifs is 1. The van der Waals surface area contributed by atoms with Crippen LogP contribution in [0, 0.1) is 0 Å². The smallest absolute Gasteiger partial charge is 0.116 e. The fraction of sp³-hybridized carbons (Fsp3) is 0.370. The van der Waals surface area contributed by atoms with Gasteiger partial charge >= 0.3 is 0 Å². The molecule has 1 N–H and O–H groups in total. The highest BCUT2D eigenvalue weighted by molar-refractivity contribution is 5.88. The summed E-state index contributed by atoms with van der Waals surface area (Å²) < 4.78 is 5.85. The molecule has 0 radical (unpaired) electrons. The van der Waals surface area contributed by atoms with Crippen molar-refractivity contribution < 1.29 is 9.84 Å². The van der Waals surface area contributed by atoms with Gasteiger partial charge in [0.2, 0.25) is 0 Å². The maximum absolute atomic E-state index is 9.61. The predicted molar refractivity (Wildman–Crippen MR) is 127 cm³/mol. The molecule has 0 fully saturated rings. The molecule has 3 aromatic rings. The van der Waals surface area contributed by atoms with E-state index >= 15 is 0 Å². The molecule has 0 saturated heterocycles. The van der Waals surface area contributed by atoms with Gasteiger partial charge in [-0.2, -0.15) is 0 Å². The molecule has 1 unspecified atom stereocenters. The quantitative estimate of drug-likeness (QED) is 0.339. The summed E-state index contributed by atoms with van der Waals surface area (Å²) in [7, 11) is 0. The van der Waals surface area contributed by atoms with E-state index in [0.717, 1.165) is 53.5 Å². The van der Waals surface area contributed by atoms with E-state index in [4.69, 9.17) is 4.74 Å². The zero-order chi connectivity index (χ0) is 21.2. The molecule has 0 amide bonds. The average molecular weight is 404 g/mol. The molecule has 0 bridgehead atoms. The van der Waals surface area contributed by atoms with Gasteiger partial charge in [0.15, 0.2) is 0 Å². The molecule has 3 nitrogen and oxygen atoms in total. The molecule has 3 rings (SSSR count). The van der Waals surface area contributed by atoms with E-state index in [2.05, 4.69) is 55.2 Å². The normalized spacial score (nSPS) is 12.6. The van der Waals surface area contributed by atoms with Gasteiger partial charge in [0.25, 0.3) is 0 Å². The Bertz CT molecular complexity index is 947. The van der Waals surface area contributed by atoms with E-state index in [1.165, 1.54) is 19.3 Å². The molecule has 0 aliphatic rings. The largest absolute Gasteiger partial charge is 0.508 e. The number of benzene rings is 2. The van der Waals surface area contributed by atoms with Gasteiger partial charge in [0, 0.05) is 18.4 Å². The molecule has 158 valence electrons. The van der Waals surface area contributed by atoms with Gasteiger partial charge in [-0.1, -0.05) is 50.1 Å². The number of rotatable bonds is 11. The van der Waals surface area contributed by atoms with E-state index in [0.29, 0.717) is 11.9 Å². The van der Waals surface area contributed by atoms with Crippen molar-refractivity contribution >= 4 is 16.8 Å². The SMILES string of the molecule is CCCCCOC(C)CCCC=Cc1ccc(-c2ccc3cc(O)ccc3c2)cn1. The van der Waals surface area contributed by atoms with Gasteiger partial charge in [-0.25, -0.2) is 0 Å². The van der Waals surface area contributed by atoms with E-state index < -0.39 is 0 Å². The topological polar surface area (TPSA) is 42.4 Å². The summed E-state index contributed by atoms with van der Waals surface area (Å²) in [6.45, 7) is 5.28. The first-order valence-corrected chi connectivity index (χ1v) is 11.1. The number of aromatic hydroxyl groups is 1. The minimum atomic E-state index is 0.294. The number of allylic oxidation sites excluding steroid dienone is 1. The summed E-state index contributed by atoms with van der Waals surface area (Å²) in [4.78, 5) is 4.59. The second-order valence-electron chi connectivity index (χ2n) is 7.94. The van der Waals surface area contributed by atoms with Crippen LogP contribution in [0.2, 0.25) is 0 Å². The highest BCUT2D eigenvalue weighted by atomic mass is 16.5. The lowest BCUT2D eigenvalue weighted by Crippen LogP contribution is -2.08. The molecule has 1 aromatic heterocycles. The number of ether oxygens (including phenoxy) is 1. The molecule has 3 heteroatoms. The number of pyridine rings is 1. The van der Waals surface area contributed by atoms with Crippen LogP contribution in [-0.4, -0.2) is 22.8 Å². The first-order valence-electron chi connectivity index (χ1n) is 11.1. The molecule has 0 aliphatic heterocycles. The van der Waals surface area contributed by atoms with E-state index in [1.807, 2.05) is 18.3 Å². The molecule has 0 spiro atoms. The number of nitrogens with zero attached hydrogens (tertiary/aromatic N) is 1. The van der Waals surface area contributed by atoms with Crippen molar-refractivity contribution in [3.8, 4) is 16.9 Å². The lowest BCUT2D eigenvalue weighted by Gasteiger charge is -2.11. The van der Waals surface area contributed by atoms with Crippen LogP contribution >= 0.6 is 0 Å². The zero-order valence-corrected chi connectivity index (χ0v) is 18.2. The predicted octanol–water partition coefficient (Wildman–Crippen LogP) is 7.39. The summed E-state index contributed by atoms with van der Waals surface area (Å²) in [5.41, 5.74) is 3.20. The Kier molecular flexibility index (Phi) is 8.46. The maximum Gasteiger partial charge on any atom is 0.116 e. The third-order valence-corrected chi connectivity index (χ3v) is 5.36. The molecule has 30 heavy (non-hydrogen) atoms. The van der Waals surface area contributed by atoms with Crippen LogP contribution in [0.1, 0.15) is 58.1 Å². The van der Waals surface area contributed by atoms with Crippen molar-refractivity contribution in [3.63, 3.8) is 0 Å². The molecule has 0 aliphatic carbocycles. The Balaban J connectivity index is 1.47. The fourth-order valence-electron chi connectivity index (χ4n) is 3.53. The van der Waals surface area contributed by atoms with Crippen LogP contribution in [0.3, 0.4) is 0 Å². The third kappa shape index (κ3) is 6.70. The number of phenols is 1. The van der Waals surface area contributed by atoms with Crippen molar-refractivity contribution in [2.75, 3.05) is 6.61 Å². The highest BCUT2D eigenvalue weighted by Gasteiger charge is 2.02. The molecule has 2 aromatic carbocycles. The monoisotopic (exact) mass is 403 g/mol. The second-order valence-corrected chi connectivity index (χ2v) is 7.94. The van der Waals surface area contributed by atoms with Crippen LogP contribution in [0.4, 0.5) is 0 Å². The van der Waals surface area contributed by atoms with Gasteiger partial charge in [0.1, 0.15) is 5.75 Å². The van der Waals surface area contributed by atoms with Gasteiger partial charge in [-0.15, -0.1) is 0 Å². The van der Waals surface area contributed by atoms with Crippen LogP contribution in [0.25, 0.3) is 28.0 Å². The van der Waals surface area contributed by atoms with Crippen molar-refractivity contribution in [2.24, 2.45) is 0 Å². The lowest BCUT2D eigenvalue weighted by atomic mass is 10.0. The Labute approximate surface area is 180 Å². The maximum atomic E-state index is 9.61. The van der Waals surface area contributed by atoms with Crippen molar-refractivity contribution in [1.82, 2.24) is 4.98 Å². The summed E-state index contributed by atoms with van der Waals surface area (Å²) in [6, 6.07) is 15.9. The van der Waals surface area contributed by atoms with Crippen LogP contribution < -0.4 is 0 Å². The molecule has 0 saturated carbocycles. The number of hydrogen-bond acceptors (Lipinski definition) is 3. The molecule has 1 heterocycles.